The van der Waals surface area contributed by atoms with E-state index in [1.165, 1.54) is 68.3 Å². The molecule has 0 aliphatic heterocycles. The van der Waals surface area contributed by atoms with Gasteiger partial charge in [0.2, 0.25) is 0 Å². The third kappa shape index (κ3) is 2.57. The van der Waals surface area contributed by atoms with Crippen LogP contribution in [-0.2, 0) is 0 Å². The summed E-state index contributed by atoms with van der Waals surface area (Å²) in [6.07, 6.45) is 0. The van der Waals surface area contributed by atoms with Crippen LogP contribution in [0.25, 0.3) is 61.9 Å². The van der Waals surface area contributed by atoms with E-state index in [9.17, 15) is 0 Å². The smallest absolute Gasteiger partial charge is 0.0799 e. The summed E-state index contributed by atoms with van der Waals surface area (Å²) in [7, 11) is 0. The lowest BCUT2D eigenvalue weighted by Crippen LogP contribution is -1.76. The van der Waals surface area contributed by atoms with Crippen LogP contribution in [0.2, 0.25) is 0 Å². The van der Waals surface area contributed by atoms with Crippen LogP contribution in [0.3, 0.4) is 0 Å². The maximum Gasteiger partial charge on any atom is 0.0799 e. The van der Waals surface area contributed by atoms with Gasteiger partial charge in [-0.05, 0) is 132 Å². The van der Waals surface area contributed by atoms with E-state index in [0.29, 0.717) is 0 Å². The van der Waals surface area contributed by atoms with E-state index in [1.54, 1.807) is 0 Å². The molecule has 0 nitrogen and oxygen atoms in total. The van der Waals surface area contributed by atoms with Gasteiger partial charge in [0.1, 0.15) is 0 Å². The van der Waals surface area contributed by atoms with Crippen molar-refractivity contribution in [2.24, 2.45) is 0 Å². The Bertz CT molecular complexity index is 1780. The van der Waals surface area contributed by atoms with Crippen LogP contribution in [0, 0.1) is 6.45 Å². The highest BCUT2D eigenvalue weighted by atomic mass is 127. The molecule has 7 rings (SSSR count). The Labute approximate surface area is 205 Å². The van der Waals surface area contributed by atoms with Gasteiger partial charge in [0.05, 0.1) is 2.88 Å². The van der Waals surface area contributed by atoms with E-state index in [4.69, 9.17) is 0 Å². The molecular weight excluding hydrogens is 638 g/mol. The molecule has 0 spiro atoms. The largest absolute Gasteiger partial charge is 0.144 e. The fraction of sp³-hybridized carbons (Fsp3) is 0. The van der Waals surface area contributed by atoms with Crippen LogP contribution in [0.15, 0.2) is 60.0 Å². The number of benzene rings is 4. The molecule has 0 radical (unpaired) electrons. The third-order valence-corrected chi connectivity index (χ3v) is 12.3. The Kier molecular flexibility index (Phi) is 3.81. The first-order valence-corrected chi connectivity index (χ1v) is 13.8. The summed E-state index contributed by atoms with van der Waals surface area (Å²) in [5, 5.41) is 13.0. The van der Waals surface area contributed by atoms with Crippen LogP contribution in [0.4, 0.5) is 0 Å². The van der Waals surface area contributed by atoms with Crippen LogP contribution in [0.5, 0.6) is 0 Å². The van der Waals surface area contributed by atoms with E-state index >= 15 is 0 Å². The van der Waals surface area contributed by atoms with Gasteiger partial charge in [0, 0.05) is 38.5 Å². The Morgan fingerprint density at radius 1 is 0.517 bits per heavy atom. The molecule has 5 heteroatoms. The van der Waals surface area contributed by atoms with Gasteiger partial charge in [-0.2, -0.15) is 0 Å². The minimum Gasteiger partial charge on any atom is -0.144 e. The van der Waals surface area contributed by atoms with E-state index in [2.05, 4.69) is 105 Å². The van der Waals surface area contributed by atoms with E-state index in [-0.39, 0.29) is 0 Å². The minimum atomic E-state index is 1.33. The van der Waals surface area contributed by atoms with Crippen LogP contribution in [0.1, 0.15) is 0 Å². The molecule has 0 fully saturated rings. The van der Waals surface area contributed by atoms with Gasteiger partial charge < -0.3 is 0 Å². The summed E-state index contributed by atoms with van der Waals surface area (Å²) in [5.41, 5.74) is 0. The molecule has 0 saturated heterocycles. The second-order valence-electron chi connectivity index (χ2n) is 7.34. The average molecular weight is 648 g/mol. The number of halogens is 2. The van der Waals surface area contributed by atoms with Gasteiger partial charge in [-0.3, -0.25) is 0 Å². The van der Waals surface area contributed by atoms with E-state index in [0.717, 1.165) is 0 Å². The zero-order valence-corrected chi connectivity index (χ0v) is 21.5. The van der Waals surface area contributed by atoms with Crippen molar-refractivity contribution in [3.8, 4) is 0 Å². The fourth-order valence-electron chi connectivity index (χ4n) is 4.26. The SMILES string of the molecule is Ic1sc2cc3cc4sc5cc6cc7sccc7cc6cc5c4cc3cc2c1I. The predicted octanol–water partition coefficient (Wildman–Crippen LogP) is 10.00. The van der Waals surface area contributed by atoms with Gasteiger partial charge in [-0.15, -0.1) is 34.0 Å². The molecule has 0 aliphatic carbocycles. The van der Waals surface area contributed by atoms with Crippen LogP contribution < -0.4 is 0 Å². The molecule has 4 aromatic carbocycles. The van der Waals surface area contributed by atoms with Gasteiger partial charge in [0.25, 0.3) is 0 Å². The van der Waals surface area contributed by atoms with Crippen molar-refractivity contribution in [1.82, 2.24) is 0 Å². The van der Waals surface area contributed by atoms with Gasteiger partial charge in [-0.1, -0.05) is 0 Å². The number of thiophene rings is 3. The maximum absolute atomic E-state index is 2.48. The van der Waals surface area contributed by atoms with Crippen molar-refractivity contribution < 1.29 is 0 Å². The van der Waals surface area contributed by atoms with Gasteiger partial charge in [0.15, 0.2) is 0 Å². The van der Waals surface area contributed by atoms with Crippen molar-refractivity contribution in [1.29, 1.82) is 0 Å². The first kappa shape index (κ1) is 17.7. The summed E-state index contributed by atoms with van der Waals surface area (Å²) >= 11 is 10.6. The molecule has 0 saturated carbocycles. The monoisotopic (exact) mass is 648 g/mol. The van der Waals surface area contributed by atoms with Crippen molar-refractivity contribution in [2.75, 3.05) is 0 Å². The Balaban J connectivity index is 1.60. The van der Waals surface area contributed by atoms with Crippen LogP contribution in [-0.4, -0.2) is 0 Å². The Morgan fingerprint density at radius 3 is 1.79 bits per heavy atom. The summed E-state index contributed by atoms with van der Waals surface area (Å²) in [6.45, 7) is 0. The molecule has 0 bridgehead atoms. The molecule has 29 heavy (non-hydrogen) atoms. The summed E-state index contributed by atoms with van der Waals surface area (Å²) in [6, 6.07) is 21.2. The lowest BCUT2D eigenvalue weighted by molar-refractivity contribution is 1.88. The number of hydrogen-bond donors (Lipinski definition) is 0. The standard InChI is InChI=1S/C24H10I2S3/c25-23-18-6-13-5-17-16-4-12-3-11-1-2-27-19(11)7-14(12)8-20(16)28-21(17)9-15(13)10-22(18)29-24(23)26/h1-10H. The van der Waals surface area contributed by atoms with Crippen molar-refractivity contribution in [3.63, 3.8) is 0 Å². The number of rotatable bonds is 0. The Morgan fingerprint density at radius 2 is 1.07 bits per heavy atom. The number of hydrogen-bond acceptors (Lipinski definition) is 3. The summed E-state index contributed by atoms with van der Waals surface area (Å²) < 4.78 is 8.28. The lowest BCUT2D eigenvalue weighted by atomic mass is 10.0. The van der Waals surface area contributed by atoms with E-state index < -0.39 is 0 Å². The first-order valence-electron chi connectivity index (χ1n) is 9.13. The molecule has 0 aliphatic rings. The highest BCUT2D eigenvalue weighted by Gasteiger charge is 2.12. The maximum atomic E-state index is 2.48. The molecule has 138 valence electrons. The molecule has 7 aromatic rings. The van der Waals surface area contributed by atoms with Crippen molar-refractivity contribution in [3.05, 3.63) is 66.4 Å². The third-order valence-electron chi connectivity index (χ3n) is 5.67. The molecule has 0 atom stereocenters. The zero-order valence-electron chi connectivity index (χ0n) is 14.8. The second kappa shape index (κ2) is 6.26. The fourth-order valence-corrected chi connectivity index (χ4v) is 9.05. The highest BCUT2D eigenvalue weighted by Crippen LogP contribution is 2.42. The molecule has 0 unspecified atom stereocenters. The molecule has 0 N–H and O–H groups in total. The first-order chi connectivity index (χ1) is 14.1. The molecule has 0 amide bonds. The highest BCUT2D eigenvalue weighted by molar-refractivity contribution is 14.1. The normalized spacial score (nSPS) is 12.5. The minimum absolute atomic E-state index is 1.33. The second-order valence-corrected chi connectivity index (χ2v) is 13.3. The summed E-state index contributed by atoms with van der Waals surface area (Å²) in [5.74, 6) is 0. The number of fused-ring (bicyclic) bond motifs is 7. The molecule has 3 aromatic heterocycles. The van der Waals surface area contributed by atoms with Gasteiger partial charge in [-0.25, -0.2) is 0 Å². The van der Waals surface area contributed by atoms with Gasteiger partial charge >= 0.3 is 0 Å². The molecule has 3 heterocycles. The Hall–Kier alpha value is -1.000. The van der Waals surface area contributed by atoms with Crippen molar-refractivity contribution >= 4 is 141 Å². The summed E-state index contributed by atoms with van der Waals surface area (Å²) in [4.78, 5) is 0. The zero-order chi connectivity index (χ0) is 19.3. The average Bonchev–Trinajstić information content (AvgIpc) is 3.37. The molecular formula is C24H10I2S3. The predicted molar refractivity (Wildman–Crippen MR) is 151 cm³/mol. The topological polar surface area (TPSA) is 0 Å². The van der Waals surface area contributed by atoms with Crippen molar-refractivity contribution in [2.45, 2.75) is 0 Å². The quantitative estimate of drug-likeness (QED) is 0.144. The lowest BCUT2D eigenvalue weighted by Gasteiger charge is -2.02. The van der Waals surface area contributed by atoms with E-state index in [1.807, 2.05) is 34.0 Å². The van der Waals surface area contributed by atoms with Crippen LogP contribution >= 0.6 is 79.2 Å².